The standard InChI is InChI=1S/C22H30N4O2/c1-17(26(3)15-18-7-5-4-6-8-18)11-12-24-22(23-2)25-14-19-9-10-20-21(13-19)28-16-27-20/h4-10,13,17H,11-12,14-16H2,1-3H3,(H2,23,24,25). The van der Waals surface area contributed by atoms with E-state index in [1.54, 1.807) is 7.05 Å². The van der Waals surface area contributed by atoms with Gasteiger partial charge in [-0.2, -0.15) is 0 Å². The number of hydrogen-bond acceptors (Lipinski definition) is 4. The zero-order valence-corrected chi connectivity index (χ0v) is 16.9. The van der Waals surface area contributed by atoms with Crippen molar-refractivity contribution in [3.8, 4) is 11.5 Å². The van der Waals surface area contributed by atoms with Crippen LogP contribution in [-0.2, 0) is 13.1 Å². The summed E-state index contributed by atoms with van der Waals surface area (Å²) >= 11 is 0. The van der Waals surface area contributed by atoms with E-state index in [4.69, 9.17) is 9.47 Å². The molecule has 0 radical (unpaired) electrons. The van der Waals surface area contributed by atoms with Crippen LogP contribution >= 0.6 is 0 Å². The van der Waals surface area contributed by atoms with Crippen molar-refractivity contribution in [1.82, 2.24) is 15.5 Å². The molecule has 1 aliphatic rings. The van der Waals surface area contributed by atoms with Crippen LogP contribution in [0.2, 0.25) is 0 Å². The summed E-state index contributed by atoms with van der Waals surface area (Å²) < 4.78 is 10.8. The van der Waals surface area contributed by atoms with E-state index in [2.05, 4.69) is 64.8 Å². The van der Waals surface area contributed by atoms with Crippen LogP contribution in [0, 0.1) is 0 Å². The number of aliphatic imine (C=N–C) groups is 1. The molecular weight excluding hydrogens is 352 g/mol. The number of hydrogen-bond donors (Lipinski definition) is 2. The number of ether oxygens (including phenoxy) is 2. The lowest BCUT2D eigenvalue weighted by atomic mass is 10.1. The van der Waals surface area contributed by atoms with Crippen LogP contribution in [0.1, 0.15) is 24.5 Å². The van der Waals surface area contributed by atoms with Gasteiger partial charge in [0.25, 0.3) is 0 Å². The second-order valence-corrected chi connectivity index (χ2v) is 7.08. The van der Waals surface area contributed by atoms with E-state index < -0.39 is 0 Å². The van der Waals surface area contributed by atoms with Gasteiger partial charge in [0.1, 0.15) is 0 Å². The summed E-state index contributed by atoms with van der Waals surface area (Å²) in [5.74, 6) is 2.41. The van der Waals surface area contributed by atoms with E-state index in [0.29, 0.717) is 19.4 Å². The predicted molar refractivity (Wildman–Crippen MR) is 113 cm³/mol. The molecule has 2 N–H and O–H groups in total. The molecule has 1 heterocycles. The maximum atomic E-state index is 5.43. The molecule has 0 spiro atoms. The third kappa shape index (κ3) is 5.63. The molecule has 0 amide bonds. The normalized spacial score (nSPS) is 14.2. The first-order valence-corrected chi connectivity index (χ1v) is 9.73. The third-order valence-corrected chi connectivity index (χ3v) is 5.00. The molecule has 0 bridgehead atoms. The molecule has 2 aromatic carbocycles. The Morgan fingerprint density at radius 1 is 1.07 bits per heavy atom. The fourth-order valence-corrected chi connectivity index (χ4v) is 3.10. The lowest BCUT2D eigenvalue weighted by Gasteiger charge is -2.25. The molecule has 0 fully saturated rings. The van der Waals surface area contributed by atoms with Gasteiger partial charge in [-0.25, -0.2) is 0 Å². The van der Waals surface area contributed by atoms with Crippen molar-refractivity contribution in [2.75, 3.05) is 27.4 Å². The zero-order valence-electron chi connectivity index (χ0n) is 16.9. The lowest BCUT2D eigenvalue weighted by Crippen LogP contribution is -2.39. The third-order valence-electron chi connectivity index (χ3n) is 5.00. The van der Waals surface area contributed by atoms with Gasteiger partial charge in [0, 0.05) is 32.7 Å². The Labute approximate surface area is 167 Å². The molecule has 3 rings (SSSR count). The number of guanidine groups is 1. The van der Waals surface area contributed by atoms with Gasteiger partial charge in [0.05, 0.1) is 0 Å². The Morgan fingerprint density at radius 3 is 2.64 bits per heavy atom. The Hall–Kier alpha value is -2.73. The van der Waals surface area contributed by atoms with Crippen LogP contribution < -0.4 is 20.1 Å². The van der Waals surface area contributed by atoms with Gasteiger partial charge in [-0.05, 0) is 43.7 Å². The Balaban J connectivity index is 1.39. The first-order chi connectivity index (χ1) is 13.7. The molecular formula is C22H30N4O2. The van der Waals surface area contributed by atoms with Gasteiger partial charge >= 0.3 is 0 Å². The Kier molecular flexibility index (Phi) is 7.14. The molecule has 0 aliphatic carbocycles. The summed E-state index contributed by atoms with van der Waals surface area (Å²) in [6.07, 6.45) is 1.04. The summed E-state index contributed by atoms with van der Waals surface area (Å²) in [5, 5.41) is 6.75. The summed E-state index contributed by atoms with van der Waals surface area (Å²) in [4.78, 5) is 6.68. The first kappa shape index (κ1) is 20.0. The quantitative estimate of drug-likeness (QED) is 0.543. The van der Waals surface area contributed by atoms with E-state index >= 15 is 0 Å². The van der Waals surface area contributed by atoms with E-state index in [1.165, 1.54) is 5.56 Å². The van der Waals surface area contributed by atoms with Crippen LogP contribution in [0.15, 0.2) is 53.5 Å². The number of fused-ring (bicyclic) bond motifs is 1. The van der Waals surface area contributed by atoms with Crippen molar-refractivity contribution in [2.24, 2.45) is 4.99 Å². The van der Waals surface area contributed by atoms with Crippen molar-refractivity contribution in [3.05, 3.63) is 59.7 Å². The number of nitrogens with one attached hydrogen (secondary N) is 2. The molecule has 6 nitrogen and oxygen atoms in total. The van der Waals surface area contributed by atoms with Crippen molar-refractivity contribution in [2.45, 2.75) is 32.5 Å². The van der Waals surface area contributed by atoms with Crippen molar-refractivity contribution in [1.29, 1.82) is 0 Å². The lowest BCUT2D eigenvalue weighted by molar-refractivity contribution is 0.174. The van der Waals surface area contributed by atoms with Gasteiger partial charge in [-0.3, -0.25) is 9.89 Å². The van der Waals surface area contributed by atoms with Gasteiger partial charge in [0.2, 0.25) is 6.79 Å². The molecule has 1 unspecified atom stereocenters. The summed E-state index contributed by atoms with van der Waals surface area (Å²) in [6, 6.07) is 17.0. The molecule has 1 aliphatic heterocycles. The van der Waals surface area contributed by atoms with E-state index in [1.807, 2.05) is 18.2 Å². The van der Waals surface area contributed by atoms with Crippen molar-refractivity contribution >= 4 is 5.96 Å². The predicted octanol–water partition coefficient (Wildman–Crippen LogP) is 2.99. The Bertz CT molecular complexity index is 779. The second-order valence-electron chi connectivity index (χ2n) is 7.08. The molecule has 28 heavy (non-hydrogen) atoms. The average molecular weight is 383 g/mol. The number of rotatable bonds is 8. The fraction of sp³-hybridized carbons (Fsp3) is 0.409. The van der Waals surface area contributed by atoms with E-state index in [0.717, 1.165) is 42.5 Å². The molecule has 0 aromatic heterocycles. The highest BCUT2D eigenvalue weighted by Crippen LogP contribution is 2.32. The Morgan fingerprint density at radius 2 is 1.86 bits per heavy atom. The summed E-state index contributed by atoms with van der Waals surface area (Å²) in [6.45, 7) is 5.06. The average Bonchev–Trinajstić information content (AvgIpc) is 3.19. The maximum absolute atomic E-state index is 5.43. The molecule has 1 atom stereocenters. The van der Waals surface area contributed by atoms with Crippen molar-refractivity contribution in [3.63, 3.8) is 0 Å². The van der Waals surface area contributed by atoms with Gasteiger partial charge < -0.3 is 20.1 Å². The van der Waals surface area contributed by atoms with E-state index in [9.17, 15) is 0 Å². The monoisotopic (exact) mass is 382 g/mol. The minimum atomic E-state index is 0.298. The van der Waals surface area contributed by atoms with Crippen LogP contribution in [0.5, 0.6) is 11.5 Å². The summed E-state index contributed by atoms with van der Waals surface area (Å²) in [5.41, 5.74) is 2.47. The van der Waals surface area contributed by atoms with E-state index in [-0.39, 0.29) is 0 Å². The highest BCUT2D eigenvalue weighted by Gasteiger charge is 2.13. The fourth-order valence-electron chi connectivity index (χ4n) is 3.10. The zero-order chi connectivity index (χ0) is 19.8. The second kappa shape index (κ2) is 9.99. The molecule has 6 heteroatoms. The molecule has 0 saturated carbocycles. The SMILES string of the molecule is CN=C(NCCC(C)N(C)Cc1ccccc1)NCc1ccc2c(c1)OCO2. The maximum Gasteiger partial charge on any atom is 0.231 e. The largest absolute Gasteiger partial charge is 0.454 e. The number of benzene rings is 2. The van der Waals surface area contributed by atoms with Gasteiger partial charge in [-0.15, -0.1) is 0 Å². The van der Waals surface area contributed by atoms with Gasteiger partial charge in [0.15, 0.2) is 17.5 Å². The van der Waals surface area contributed by atoms with Crippen LogP contribution in [-0.4, -0.2) is 44.3 Å². The molecule has 150 valence electrons. The smallest absolute Gasteiger partial charge is 0.231 e. The molecule has 2 aromatic rings. The van der Waals surface area contributed by atoms with Crippen LogP contribution in [0.4, 0.5) is 0 Å². The van der Waals surface area contributed by atoms with Crippen LogP contribution in [0.3, 0.4) is 0 Å². The first-order valence-electron chi connectivity index (χ1n) is 9.73. The highest BCUT2D eigenvalue weighted by atomic mass is 16.7. The minimum absolute atomic E-state index is 0.298. The summed E-state index contributed by atoms with van der Waals surface area (Å²) in [7, 11) is 3.96. The van der Waals surface area contributed by atoms with Gasteiger partial charge in [-0.1, -0.05) is 36.4 Å². The van der Waals surface area contributed by atoms with Crippen LogP contribution in [0.25, 0.3) is 0 Å². The van der Waals surface area contributed by atoms with Crippen molar-refractivity contribution < 1.29 is 9.47 Å². The number of nitrogens with zero attached hydrogens (tertiary/aromatic N) is 2. The minimum Gasteiger partial charge on any atom is -0.454 e. The topological polar surface area (TPSA) is 58.1 Å². The molecule has 0 saturated heterocycles. The highest BCUT2D eigenvalue weighted by molar-refractivity contribution is 5.79.